The summed E-state index contributed by atoms with van der Waals surface area (Å²) in [7, 11) is -0.184. The molecule has 1 aromatic carbocycles. The second-order valence-electron chi connectivity index (χ2n) is 6.53. The third-order valence-corrected chi connectivity index (χ3v) is 4.07. The average molecular weight is 338 g/mol. The molecule has 0 saturated heterocycles. The van der Waals surface area contributed by atoms with Crippen LogP contribution in [0.15, 0.2) is 48.6 Å². The Kier molecular flexibility index (Phi) is 5.77. The van der Waals surface area contributed by atoms with E-state index < -0.39 is 14.0 Å². The zero-order valence-corrected chi connectivity index (χ0v) is 15.5. The molecule has 0 atom stereocenters. The highest BCUT2D eigenvalue weighted by molar-refractivity contribution is 6.83. The van der Waals surface area contributed by atoms with Gasteiger partial charge in [0, 0.05) is 18.9 Å². The highest BCUT2D eigenvalue weighted by atomic mass is 28.3. The number of hydrogen-bond donors (Lipinski definition) is 0. The molecule has 24 heavy (non-hydrogen) atoms. The van der Waals surface area contributed by atoms with Crippen LogP contribution >= 0.6 is 0 Å². The van der Waals surface area contributed by atoms with Gasteiger partial charge in [0.15, 0.2) is 0 Å². The maximum absolute atomic E-state index is 11.9. The van der Waals surface area contributed by atoms with Gasteiger partial charge in [-0.25, -0.2) is 9.78 Å². The van der Waals surface area contributed by atoms with Crippen molar-refractivity contribution in [2.24, 2.45) is 0 Å². The van der Waals surface area contributed by atoms with Crippen LogP contribution in [0.2, 0.25) is 19.6 Å². The first-order valence-electron chi connectivity index (χ1n) is 7.75. The van der Waals surface area contributed by atoms with Crippen molar-refractivity contribution in [3.05, 3.63) is 59.7 Å². The van der Waals surface area contributed by atoms with Crippen LogP contribution in [0.4, 0.5) is 0 Å². The Bertz CT molecular complexity index is 774. The summed E-state index contributed by atoms with van der Waals surface area (Å²) in [5.74, 6) is 2.60. The van der Waals surface area contributed by atoms with E-state index in [1.165, 1.54) is 7.11 Å². The molecule has 0 amide bonds. The third-order valence-electron chi connectivity index (χ3n) is 3.19. The summed E-state index contributed by atoms with van der Waals surface area (Å²) in [4.78, 5) is 16.0. The molecule has 0 N–H and O–H groups in total. The van der Waals surface area contributed by atoms with E-state index in [2.05, 4.69) is 36.1 Å². The van der Waals surface area contributed by atoms with E-state index in [-0.39, 0.29) is 0 Å². The van der Waals surface area contributed by atoms with Crippen molar-refractivity contribution in [1.82, 2.24) is 9.55 Å². The molecule has 1 heterocycles. The summed E-state index contributed by atoms with van der Waals surface area (Å²) in [6, 6.07) is 8.02. The molecule has 0 saturated carbocycles. The van der Waals surface area contributed by atoms with Crippen molar-refractivity contribution in [2.45, 2.75) is 26.2 Å². The SMILES string of the molecule is COC(=O)/C(C#C[Si](C)(C)C)=C/c1ccc(Cn2ccnc2)cc1. The zero-order chi connectivity index (χ0) is 17.6. The lowest BCUT2D eigenvalue weighted by atomic mass is 10.1. The fraction of sp³-hybridized carbons (Fsp3) is 0.263. The van der Waals surface area contributed by atoms with E-state index >= 15 is 0 Å². The van der Waals surface area contributed by atoms with Gasteiger partial charge >= 0.3 is 5.97 Å². The van der Waals surface area contributed by atoms with E-state index in [9.17, 15) is 4.79 Å². The fourth-order valence-corrected chi connectivity index (χ4v) is 2.50. The van der Waals surface area contributed by atoms with Crippen LogP contribution in [0, 0.1) is 11.5 Å². The maximum atomic E-state index is 11.9. The van der Waals surface area contributed by atoms with E-state index in [1.54, 1.807) is 18.6 Å². The van der Waals surface area contributed by atoms with Crippen molar-refractivity contribution < 1.29 is 9.53 Å². The number of carbonyl (C=O) groups excluding carboxylic acids is 1. The van der Waals surface area contributed by atoms with Gasteiger partial charge in [0.1, 0.15) is 13.6 Å². The minimum absolute atomic E-state index is 0.391. The summed E-state index contributed by atoms with van der Waals surface area (Å²) in [5.41, 5.74) is 5.69. The lowest BCUT2D eigenvalue weighted by molar-refractivity contribution is -0.135. The van der Waals surface area contributed by atoms with Gasteiger partial charge in [-0.1, -0.05) is 49.8 Å². The van der Waals surface area contributed by atoms with Crippen LogP contribution in [0.5, 0.6) is 0 Å². The molecule has 0 radical (unpaired) electrons. The highest BCUT2D eigenvalue weighted by Gasteiger charge is 2.11. The number of rotatable bonds is 4. The first kappa shape index (κ1) is 17.8. The van der Waals surface area contributed by atoms with Gasteiger partial charge in [-0.15, -0.1) is 5.54 Å². The van der Waals surface area contributed by atoms with Gasteiger partial charge in [0.2, 0.25) is 0 Å². The number of imidazole rings is 1. The van der Waals surface area contributed by atoms with Gasteiger partial charge in [0.05, 0.1) is 13.4 Å². The molecule has 2 aromatic rings. The van der Waals surface area contributed by atoms with Crippen LogP contribution in [0.25, 0.3) is 6.08 Å². The molecule has 0 spiro atoms. The van der Waals surface area contributed by atoms with Crippen LogP contribution in [0.1, 0.15) is 11.1 Å². The number of hydrogen-bond acceptors (Lipinski definition) is 3. The molecule has 124 valence electrons. The third kappa shape index (κ3) is 5.56. The first-order chi connectivity index (χ1) is 11.4. The summed E-state index contributed by atoms with van der Waals surface area (Å²) in [5, 5.41) is 0. The number of ether oxygens (including phenoxy) is 1. The van der Waals surface area contributed by atoms with Gasteiger partial charge in [-0.2, -0.15) is 0 Å². The summed E-state index contributed by atoms with van der Waals surface area (Å²) in [6.45, 7) is 7.18. The minimum Gasteiger partial charge on any atom is -0.465 e. The normalized spacial score (nSPS) is 11.6. The standard InChI is InChI=1S/C19H22N2O2Si/c1-23-19(22)18(9-12-24(2,3)4)13-16-5-7-17(8-6-16)14-21-11-10-20-15-21/h5-8,10-11,13,15H,14H2,1-4H3/b18-13+. The van der Waals surface area contributed by atoms with Crippen molar-refractivity contribution in [1.29, 1.82) is 0 Å². The minimum atomic E-state index is -1.56. The van der Waals surface area contributed by atoms with E-state index in [1.807, 2.05) is 35.0 Å². The fourth-order valence-electron chi connectivity index (χ4n) is 1.99. The van der Waals surface area contributed by atoms with Crippen molar-refractivity contribution in [3.8, 4) is 11.5 Å². The van der Waals surface area contributed by atoms with Crippen molar-refractivity contribution in [2.75, 3.05) is 7.11 Å². The lowest BCUT2D eigenvalue weighted by Gasteiger charge is -2.05. The lowest BCUT2D eigenvalue weighted by Crippen LogP contribution is -2.17. The van der Waals surface area contributed by atoms with E-state index in [4.69, 9.17) is 4.74 Å². The number of aromatic nitrogens is 2. The molecule has 0 unspecified atom stereocenters. The topological polar surface area (TPSA) is 44.1 Å². The Morgan fingerprint density at radius 3 is 2.54 bits per heavy atom. The zero-order valence-electron chi connectivity index (χ0n) is 14.5. The Hall–Kier alpha value is -2.58. The largest absolute Gasteiger partial charge is 0.465 e. The summed E-state index contributed by atoms with van der Waals surface area (Å²) >= 11 is 0. The number of nitrogens with zero attached hydrogens (tertiary/aromatic N) is 2. The monoisotopic (exact) mass is 338 g/mol. The van der Waals surface area contributed by atoms with Gasteiger partial charge < -0.3 is 9.30 Å². The molecular weight excluding hydrogens is 316 g/mol. The number of methoxy groups -OCH3 is 1. The van der Waals surface area contributed by atoms with Crippen LogP contribution < -0.4 is 0 Å². The average Bonchev–Trinajstić information content (AvgIpc) is 3.04. The van der Waals surface area contributed by atoms with Crippen LogP contribution in [0.3, 0.4) is 0 Å². The Morgan fingerprint density at radius 2 is 2.00 bits per heavy atom. The van der Waals surface area contributed by atoms with Crippen LogP contribution in [-0.2, 0) is 16.1 Å². The second kappa shape index (κ2) is 7.80. The predicted octanol–water partition coefficient (Wildman–Crippen LogP) is 3.37. The smallest absolute Gasteiger partial charge is 0.346 e. The Balaban J connectivity index is 2.21. The van der Waals surface area contributed by atoms with Crippen LogP contribution in [-0.4, -0.2) is 30.7 Å². The molecule has 0 fully saturated rings. The molecule has 5 heteroatoms. The molecule has 0 aliphatic rings. The van der Waals surface area contributed by atoms with E-state index in [0.717, 1.165) is 17.7 Å². The summed E-state index contributed by atoms with van der Waals surface area (Å²) < 4.78 is 6.84. The molecule has 0 aliphatic carbocycles. The highest BCUT2D eigenvalue weighted by Crippen LogP contribution is 2.11. The number of carbonyl (C=O) groups is 1. The van der Waals surface area contributed by atoms with Gasteiger partial charge in [-0.3, -0.25) is 0 Å². The maximum Gasteiger partial charge on any atom is 0.346 e. The molecular formula is C19H22N2O2Si. The molecule has 1 aromatic heterocycles. The Morgan fingerprint density at radius 1 is 1.29 bits per heavy atom. The van der Waals surface area contributed by atoms with Gasteiger partial charge in [0.25, 0.3) is 0 Å². The van der Waals surface area contributed by atoms with E-state index in [0.29, 0.717) is 5.57 Å². The quantitative estimate of drug-likeness (QED) is 0.372. The number of esters is 1. The van der Waals surface area contributed by atoms with Crippen molar-refractivity contribution in [3.63, 3.8) is 0 Å². The molecule has 2 rings (SSSR count). The molecule has 4 nitrogen and oxygen atoms in total. The Labute approximate surface area is 144 Å². The number of benzene rings is 1. The first-order valence-corrected chi connectivity index (χ1v) is 11.3. The molecule has 0 bridgehead atoms. The summed E-state index contributed by atoms with van der Waals surface area (Å²) in [6.07, 6.45) is 7.25. The van der Waals surface area contributed by atoms with Crippen molar-refractivity contribution >= 4 is 20.1 Å². The predicted molar refractivity (Wildman–Crippen MR) is 98.9 cm³/mol. The second-order valence-corrected chi connectivity index (χ2v) is 11.3. The van der Waals surface area contributed by atoms with Gasteiger partial charge in [-0.05, 0) is 17.2 Å². The molecule has 0 aliphatic heterocycles.